The van der Waals surface area contributed by atoms with Crippen molar-refractivity contribution in [2.24, 2.45) is 0 Å². The van der Waals surface area contributed by atoms with Gasteiger partial charge in [-0.05, 0) is 25.0 Å². The molecule has 1 aromatic heterocycles. The molecule has 2 aromatic rings. The lowest BCUT2D eigenvalue weighted by atomic mass is 10.2. The van der Waals surface area contributed by atoms with E-state index in [0.29, 0.717) is 29.1 Å². The van der Waals surface area contributed by atoms with Gasteiger partial charge >= 0.3 is 0 Å². The van der Waals surface area contributed by atoms with E-state index in [1.165, 1.54) is 12.4 Å². The lowest BCUT2D eigenvalue weighted by molar-refractivity contribution is 0.0945. The van der Waals surface area contributed by atoms with Crippen molar-refractivity contribution in [1.29, 1.82) is 0 Å². The van der Waals surface area contributed by atoms with Crippen LogP contribution in [0.15, 0.2) is 30.6 Å². The van der Waals surface area contributed by atoms with Crippen molar-refractivity contribution in [2.45, 2.75) is 18.9 Å². The maximum atomic E-state index is 11.9. The molecule has 23 heavy (non-hydrogen) atoms. The summed E-state index contributed by atoms with van der Waals surface area (Å²) < 4.78 is 10.5. The Morgan fingerprint density at radius 3 is 2.61 bits per heavy atom. The second-order valence-electron chi connectivity index (χ2n) is 5.23. The fraction of sp³-hybridized carbons (Fsp3) is 0.312. The van der Waals surface area contributed by atoms with Crippen LogP contribution in [0, 0.1) is 0 Å². The van der Waals surface area contributed by atoms with Gasteiger partial charge in [0.1, 0.15) is 23.0 Å². The molecule has 2 N–H and O–H groups in total. The molecule has 3 rings (SSSR count). The minimum atomic E-state index is -0.187. The first-order valence-corrected chi connectivity index (χ1v) is 7.31. The van der Waals surface area contributed by atoms with Crippen LogP contribution < -0.4 is 20.1 Å². The van der Waals surface area contributed by atoms with E-state index in [1.54, 1.807) is 20.3 Å². The number of amides is 1. The molecular formula is C16H18N4O3. The van der Waals surface area contributed by atoms with Crippen molar-refractivity contribution in [3.8, 4) is 11.5 Å². The van der Waals surface area contributed by atoms with Crippen LogP contribution in [0.1, 0.15) is 23.3 Å². The molecule has 0 saturated heterocycles. The summed E-state index contributed by atoms with van der Waals surface area (Å²) in [5.41, 5.74) is 1.04. The molecule has 0 bridgehead atoms. The lowest BCUT2D eigenvalue weighted by Crippen LogP contribution is -2.26. The number of carbonyl (C=O) groups excluding carboxylic acids is 1. The van der Waals surface area contributed by atoms with Crippen LogP contribution in [-0.4, -0.2) is 36.1 Å². The zero-order valence-corrected chi connectivity index (χ0v) is 13.0. The van der Waals surface area contributed by atoms with E-state index in [2.05, 4.69) is 20.6 Å². The average Bonchev–Trinajstić information content (AvgIpc) is 3.39. The molecule has 7 heteroatoms. The van der Waals surface area contributed by atoms with Gasteiger partial charge in [-0.15, -0.1) is 0 Å². The zero-order valence-electron chi connectivity index (χ0n) is 13.0. The highest BCUT2D eigenvalue weighted by atomic mass is 16.5. The molecule has 0 radical (unpaired) electrons. The van der Waals surface area contributed by atoms with Gasteiger partial charge in [-0.1, -0.05) is 0 Å². The zero-order chi connectivity index (χ0) is 16.2. The van der Waals surface area contributed by atoms with Gasteiger partial charge in [-0.25, -0.2) is 9.97 Å². The largest absolute Gasteiger partial charge is 0.497 e. The second kappa shape index (κ2) is 6.51. The van der Waals surface area contributed by atoms with E-state index in [4.69, 9.17) is 9.47 Å². The van der Waals surface area contributed by atoms with Crippen molar-refractivity contribution < 1.29 is 14.3 Å². The van der Waals surface area contributed by atoms with Crippen LogP contribution >= 0.6 is 0 Å². The summed E-state index contributed by atoms with van der Waals surface area (Å²) in [5.74, 6) is 1.66. The molecule has 1 amide bonds. The third kappa shape index (κ3) is 3.68. The van der Waals surface area contributed by atoms with Gasteiger partial charge in [0.2, 0.25) is 0 Å². The Balaban J connectivity index is 1.71. The molecule has 1 aliphatic carbocycles. The first-order chi connectivity index (χ1) is 11.2. The monoisotopic (exact) mass is 314 g/mol. The maximum Gasteiger partial charge on any atom is 0.271 e. The SMILES string of the molecule is COc1ccc(Nc2cnc(C(=O)NC3CC3)cn2)c(OC)c1. The molecule has 0 atom stereocenters. The third-order valence-corrected chi connectivity index (χ3v) is 3.47. The van der Waals surface area contributed by atoms with Gasteiger partial charge in [0, 0.05) is 12.1 Å². The molecular weight excluding hydrogens is 296 g/mol. The summed E-state index contributed by atoms with van der Waals surface area (Å²) in [5, 5.41) is 5.98. The molecule has 1 aromatic carbocycles. The van der Waals surface area contributed by atoms with E-state index in [0.717, 1.165) is 18.5 Å². The molecule has 1 fully saturated rings. The van der Waals surface area contributed by atoms with Crippen LogP contribution in [0.4, 0.5) is 11.5 Å². The summed E-state index contributed by atoms with van der Waals surface area (Å²) in [6, 6.07) is 5.71. The number of nitrogens with one attached hydrogen (secondary N) is 2. The first-order valence-electron chi connectivity index (χ1n) is 7.31. The van der Waals surface area contributed by atoms with Crippen LogP contribution in [0.3, 0.4) is 0 Å². The van der Waals surface area contributed by atoms with Crippen LogP contribution in [0.25, 0.3) is 0 Å². The summed E-state index contributed by atoms with van der Waals surface area (Å²) in [6.45, 7) is 0. The van der Waals surface area contributed by atoms with E-state index < -0.39 is 0 Å². The first kappa shape index (κ1) is 15.1. The van der Waals surface area contributed by atoms with Crippen molar-refractivity contribution in [2.75, 3.05) is 19.5 Å². The number of ether oxygens (including phenoxy) is 2. The van der Waals surface area contributed by atoms with Crippen LogP contribution in [-0.2, 0) is 0 Å². The van der Waals surface area contributed by atoms with Crippen molar-refractivity contribution in [3.63, 3.8) is 0 Å². The van der Waals surface area contributed by atoms with E-state index >= 15 is 0 Å². The maximum absolute atomic E-state index is 11.9. The van der Waals surface area contributed by atoms with Crippen LogP contribution in [0.5, 0.6) is 11.5 Å². The topological polar surface area (TPSA) is 85.4 Å². The van der Waals surface area contributed by atoms with E-state index in [9.17, 15) is 4.79 Å². The third-order valence-electron chi connectivity index (χ3n) is 3.47. The minimum absolute atomic E-state index is 0.187. The number of rotatable bonds is 6. The molecule has 0 spiro atoms. The Hall–Kier alpha value is -2.83. The van der Waals surface area contributed by atoms with Gasteiger partial charge in [0.25, 0.3) is 5.91 Å². The molecule has 0 unspecified atom stereocenters. The number of carbonyl (C=O) groups is 1. The van der Waals surface area contributed by atoms with Crippen molar-refractivity contribution in [1.82, 2.24) is 15.3 Å². The number of benzene rings is 1. The predicted octanol–water partition coefficient (Wildman–Crippen LogP) is 2.13. The Morgan fingerprint density at radius 2 is 2.00 bits per heavy atom. The molecule has 1 aliphatic rings. The number of aromatic nitrogens is 2. The quantitative estimate of drug-likeness (QED) is 0.849. The van der Waals surface area contributed by atoms with Gasteiger partial charge in [0.05, 0.1) is 32.3 Å². The smallest absolute Gasteiger partial charge is 0.271 e. The van der Waals surface area contributed by atoms with Crippen LogP contribution in [0.2, 0.25) is 0 Å². The second-order valence-corrected chi connectivity index (χ2v) is 5.23. The summed E-state index contributed by atoms with van der Waals surface area (Å²) in [6.07, 6.45) is 5.05. The van der Waals surface area contributed by atoms with Gasteiger partial charge in [-0.2, -0.15) is 0 Å². The summed E-state index contributed by atoms with van der Waals surface area (Å²) >= 11 is 0. The summed E-state index contributed by atoms with van der Waals surface area (Å²) in [7, 11) is 3.18. The highest BCUT2D eigenvalue weighted by molar-refractivity contribution is 5.92. The summed E-state index contributed by atoms with van der Waals surface area (Å²) in [4.78, 5) is 20.2. The number of hydrogen-bond donors (Lipinski definition) is 2. The lowest BCUT2D eigenvalue weighted by Gasteiger charge is -2.12. The molecule has 1 saturated carbocycles. The Morgan fingerprint density at radius 1 is 1.17 bits per heavy atom. The fourth-order valence-electron chi connectivity index (χ4n) is 2.04. The molecule has 7 nitrogen and oxygen atoms in total. The molecule has 1 heterocycles. The molecule has 0 aliphatic heterocycles. The minimum Gasteiger partial charge on any atom is -0.497 e. The Labute approximate surface area is 134 Å². The van der Waals surface area contributed by atoms with E-state index in [1.807, 2.05) is 12.1 Å². The van der Waals surface area contributed by atoms with E-state index in [-0.39, 0.29) is 5.91 Å². The fourth-order valence-corrected chi connectivity index (χ4v) is 2.04. The number of nitrogens with zero attached hydrogens (tertiary/aromatic N) is 2. The van der Waals surface area contributed by atoms with Crippen molar-refractivity contribution >= 4 is 17.4 Å². The normalized spacial score (nSPS) is 13.3. The van der Waals surface area contributed by atoms with Gasteiger partial charge in [-0.3, -0.25) is 4.79 Å². The number of anilines is 2. The Bertz CT molecular complexity index is 699. The molecule has 120 valence electrons. The van der Waals surface area contributed by atoms with Gasteiger partial charge in [0.15, 0.2) is 0 Å². The number of hydrogen-bond acceptors (Lipinski definition) is 6. The predicted molar refractivity (Wildman–Crippen MR) is 85.3 cm³/mol. The average molecular weight is 314 g/mol. The Kier molecular flexibility index (Phi) is 4.27. The van der Waals surface area contributed by atoms with Crippen molar-refractivity contribution in [3.05, 3.63) is 36.3 Å². The standard InChI is InChI=1S/C16H18N4O3/c1-22-11-5-6-12(14(7-11)23-2)20-15-9-17-13(8-18-15)16(21)19-10-3-4-10/h5-10H,3-4H2,1-2H3,(H,18,20)(H,19,21). The highest BCUT2D eigenvalue weighted by Gasteiger charge is 2.24. The van der Waals surface area contributed by atoms with Gasteiger partial charge < -0.3 is 20.1 Å². The highest BCUT2D eigenvalue weighted by Crippen LogP contribution is 2.30. The number of methoxy groups -OCH3 is 2.